The largest absolute Gasteiger partial charge is 0.348 e. The van der Waals surface area contributed by atoms with Crippen molar-refractivity contribution >= 4 is 0 Å². The van der Waals surface area contributed by atoms with Crippen molar-refractivity contribution in [2.24, 2.45) is 0 Å². The van der Waals surface area contributed by atoms with Gasteiger partial charge in [-0.05, 0) is 32.0 Å². The zero-order valence-electron chi connectivity index (χ0n) is 12.3. The van der Waals surface area contributed by atoms with E-state index in [2.05, 4.69) is 29.1 Å². The molecule has 2 fully saturated rings. The molecule has 0 bridgehead atoms. The molecule has 110 valence electrons. The van der Waals surface area contributed by atoms with E-state index >= 15 is 0 Å². The molecule has 0 radical (unpaired) electrons. The summed E-state index contributed by atoms with van der Waals surface area (Å²) < 4.78 is 11.6. The van der Waals surface area contributed by atoms with Crippen LogP contribution in [0, 0.1) is 0 Å². The van der Waals surface area contributed by atoms with E-state index in [0.717, 1.165) is 39.0 Å². The minimum atomic E-state index is -0.238. The van der Waals surface area contributed by atoms with Gasteiger partial charge in [-0.2, -0.15) is 0 Å². The monoisotopic (exact) mass is 276 g/mol. The molecule has 0 amide bonds. The minimum absolute atomic E-state index is 0.238. The van der Waals surface area contributed by atoms with Crippen molar-refractivity contribution in [3.8, 4) is 0 Å². The Balaban J connectivity index is 1.45. The molecule has 0 atom stereocenters. The van der Waals surface area contributed by atoms with Gasteiger partial charge in [0.2, 0.25) is 0 Å². The van der Waals surface area contributed by atoms with Gasteiger partial charge in [0.25, 0.3) is 0 Å². The fourth-order valence-corrected chi connectivity index (χ4v) is 3.29. The molecule has 4 heteroatoms. The van der Waals surface area contributed by atoms with Crippen LogP contribution in [0.1, 0.15) is 31.4 Å². The lowest BCUT2D eigenvalue weighted by molar-refractivity contribution is -0.183. The average Bonchev–Trinajstić information content (AvgIpc) is 2.95. The molecule has 0 N–H and O–H groups in total. The third-order valence-corrected chi connectivity index (χ3v) is 4.60. The molecule has 2 heterocycles. The fraction of sp³-hybridized carbons (Fsp3) is 0.688. The molecule has 20 heavy (non-hydrogen) atoms. The topological polar surface area (TPSA) is 34.6 Å². The molecule has 0 aromatic carbocycles. The SMILES string of the molecule is CN(CCc1ccccn1)C1CCC2(CC1)OCCO2. The van der Waals surface area contributed by atoms with Crippen molar-refractivity contribution in [2.45, 2.75) is 43.9 Å². The van der Waals surface area contributed by atoms with Crippen molar-refractivity contribution in [1.29, 1.82) is 0 Å². The second-order valence-electron chi connectivity index (χ2n) is 5.89. The lowest BCUT2D eigenvalue weighted by Crippen LogP contribution is -2.43. The van der Waals surface area contributed by atoms with Crippen molar-refractivity contribution in [2.75, 3.05) is 26.8 Å². The Morgan fingerprint density at radius 3 is 2.65 bits per heavy atom. The molecular formula is C16H24N2O2. The molecule has 1 aromatic rings. The highest BCUT2D eigenvalue weighted by molar-refractivity contribution is 5.03. The van der Waals surface area contributed by atoms with Crippen LogP contribution in [0.3, 0.4) is 0 Å². The van der Waals surface area contributed by atoms with Gasteiger partial charge in [-0.3, -0.25) is 4.98 Å². The molecule has 1 saturated heterocycles. The average molecular weight is 276 g/mol. The Labute approximate surface area is 121 Å². The first kappa shape index (κ1) is 14.0. The summed E-state index contributed by atoms with van der Waals surface area (Å²) in [5, 5.41) is 0. The lowest BCUT2D eigenvalue weighted by atomic mass is 9.89. The Hall–Kier alpha value is -0.970. The Bertz CT molecular complexity index is 408. The molecular weight excluding hydrogens is 252 g/mol. The summed E-state index contributed by atoms with van der Waals surface area (Å²) in [5.41, 5.74) is 1.18. The number of likely N-dealkylation sites (N-methyl/N-ethyl adjacent to an activating group) is 1. The maximum atomic E-state index is 5.79. The Morgan fingerprint density at radius 1 is 1.25 bits per heavy atom. The van der Waals surface area contributed by atoms with E-state index in [1.807, 2.05) is 12.3 Å². The van der Waals surface area contributed by atoms with Gasteiger partial charge in [-0.1, -0.05) is 6.07 Å². The van der Waals surface area contributed by atoms with Gasteiger partial charge in [0.15, 0.2) is 5.79 Å². The number of aromatic nitrogens is 1. The summed E-state index contributed by atoms with van der Waals surface area (Å²) in [7, 11) is 2.22. The minimum Gasteiger partial charge on any atom is -0.348 e. The summed E-state index contributed by atoms with van der Waals surface area (Å²) in [6.45, 7) is 2.59. The van der Waals surface area contributed by atoms with E-state index in [-0.39, 0.29) is 5.79 Å². The summed E-state index contributed by atoms with van der Waals surface area (Å²) in [4.78, 5) is 6.86. The second-order valence-corrected chi connectivity index (χ2v) is 5.89. The highest BCUT2D eigenvalue weighted by atomic mass is 16.7. The molecule has 1 aromatic heterocycles. The van der Waals surface area contributed by atoms with Crippen LogP contribution in [0.4, 0.5) is 0 Å². The van der Waals surface area contributed by atoms with Crippen molar-refractivity contribution in [3.05, 3.63) is 30.1 Å². The number of hydrogen-bond donors (Lipinski definition) is 0. The first-order chi connectivity index (χ1) is 9.77. The highest BCUT2D eigenvalue weighted by Gasteiger charge is 2.40. The molecule has 1 saturated carbocycles. The van der Waals surface area contributed by atoms with Gasteiger partial charge < -0.3 is 14.4 Å². The van der Waals surface area contributed by atoms with Crippen LogP contribution in [0.25, 0.3) is 0 Å². The molecule has 1 aliphatic carbocycles. The van der Waals surface area contributed by atoms with Crippen molar-refractivity contribution in [1.82, 2.24) is 9.88 Å². The van der Waals surface area contributed by atoms with Crippen molar-refractivity contribution in [3.63, 3.8) is 0 Å². The van der Waals surface area contributed by atoms with Crippen LogP contribution >= 0.6 is 0 Å². The summed E-state index contributed by atoms with van der Waals surface area (Å²) in [5.74, 6) is -0.238. The molecule has 3 rings (SSSR count). The van der Waals surface area contributed by atoms with Gasteiger partial charge in [-0.25, -0.2) is 0 Å². The Morgan fingerprint density at radius 2 is 2.00 bits per heavy atom. The molecule has 2 aliphatic rings. The van der Waals surface area contributed by atoms with Crippen LogP contribution in [0.5, 0.6) is 0 Å². The van der Waals surface area contributed by atoms with E-state index in [1.165, 1.54) is 18.5 Å². The van der Waals surface area contributed by atoms with E-state index in [0.29, 0.717) is 6.04 Å². The number of rotatable bonds is 4. The predicted molar refractivity (Wildman–Crippen MR) is 77.5 cm³/mol. The zero-order valence-corrected chi connectivity index (χ0v) is 12.3. The van der Waals surface area contributed by atoms with E-state index in [4.69, 9.17) is 9.47 Å². The van der Waals surface area contributed by atoms with Crippen LogP contribution < -0.4 is 0 Å². The Kier molecular flexibility index (Phi) is 4.34. The maximum absolute atomic E-state index is 5.79. The zero-order chi connectivity index (χ0) is 13.8. The normalized spacial score (nSPS) is 22.7. The number of hydrogen-bond acceptors (Lipinski definition) is 4. The van der Waals surface area contributed by atoms with Crippen LogP contribution in [-0.4, -0.2) is 48.5 Å². The standard InChI is InChI=1S/C16H24N2O2/c1-18(11-7-14-4-2-3-10-17-14)15-5-8-16(9-6-15)19-12-13-20-16/h2-4,10,15H,5-9,11-13H2,1H3. The predicted octanol–water partition coefficient (Wildman–Crippen LogP) is 2.24. The first-order valence-corrected chi connectivity index (χ1v) is 7.65. The first-order valence-electron chi connectivity index (χ1n) is 7.65. The highest BCUT2D eigenvalue weighted by Crippen LogP contribution is 2.37. The third kappa shape index (κ3) is 3.19. The van der Waals surface area contributed by atoms with Crippen LogP contribution in [0.15, 0.2) is 24.4 Å². The quantitative estimate of drug-likeness (QED) is 0.845. The smallest absolute Gasteiger partial charge is 0.168 e. The number of ether oxygens (including phenoxy) is 2. The number of pyridine rings is 1. The van der Waals surface area contributed by atoms with Crippen LogP contribution in [-0.2, 0) is 15.9 Å². The molecule has 4 nitrogen and oxygen atoms in total. The lowest BCUT2D eigenvalue weighted by Gasteiger charge is -2.39. The van der Waals surface area contributed by atoms with Gasteiger partial charge in [0.05, 0.1) is 13.2 Å². The van der Waals surface area contributed by atoms with Crippen molar-refractivity contribution < 1.29 is 9.47 Å². The summed E-state index contributed by atoms with van der Waals surface area (Å²) in [6, 6.07) is 6.78. The molecule has 0 unspecified atom stereocenters. The van der Waals surface area contributed by atoms with Gasteiger partial charge >= 0.3 is 0 Å². The van der Waals surface area contributed by atoms with Crippen LogP contribution in [0.2, 0.25) is 0 Å². The maximum Gasteiger partial charge on any atom is 0.168 e. The fourth-order valence-electron chi connectivity index (χ4n) is 3.29. The second kappa shape index (κ2) is 6.20. The van der Waals surface area contributed by atoms with Gasteiger partial charge in [0, 0.05) is 43.7 Å². The number of nitrogens with zero attached hydrogens (tertiary/aromatic N) is 2. The van der Waals surface area contributed by atoms with Gasteiger partial charge in [-0.15, -0.1) is 0 Å². The van der Waals surface area contributed by atoms with Gasteiger partial charge in [0.1, 0.15) is 0 Å². The third-order valence-electron chi connectivity index (χ3n) is 4.60. The summed E-state index contributed by atoms with van der Waals surface area (Å²) >= 11 is 0. The van der Waals surface area contributed by atoms with E-state index in [1.54, 1.807) is 0 Å². The van der Waals surface area contributed by atoms with E-state index in [9.17, 15) is 0 Å². The molecule has 1 spiro atoms. The van der Waals surface area contributed by atoms with E-state index < -0.39 is 0 Å². The molecule has 1 aliphatic heterocycles. The summed E-state index contributed by atoms with van der Waals surface area (Å²) in [6.07, 6.45) is 7.29.